The van der Waals surface area contributed by atoms with Gasteiger partial charge in [-0.1, -0.05) is 18.2 Å². The summed E-state index contributed by atoms with van der Waals surface area (Å²) in [5, 5.41) is 5.46. The summed E-state index contributed by atoms with van der Waals surface area (Å²) in [4.78, 5) is 11.6. The number of urea groups is 1. The number of hydrogen-bond acceptors (Lipinski definition) is 3. The number of benzene rings is 1. The van der Waals surface area contributed by atoms with Gasteiger partial charge in [0.2, 0.25) is 0 Å². The van der Waals surface area contributed by atoms with Gasteiger partial charge in [0.25, 0.3) is 0 Å². The van der Waals surface area contributed by atoms with Gasteiger partial charge >= 0.3 is 6.03 Å². The summed E-state index contributed by atoms with van der Waals surface area (Å²) in [6.07, 6.45) is 6.03. The monoisotopic (exact) mass is 274 g/mol. The van der Waals surface area contributed by atoms with E-state index in [4.69, 9.17) is 9.47 Å². The molecule has 0 radical (unpaired) electrons. The van der Waals surface area contributed by atoms with Crippen LogP contribution in [0.1, 0.15) is 12.8 Å². The zero-order valence-corrected chi connectivity index (χ0v) is 11.2. The van der Waals surface area contributed by atoms with Crippen LogP contribution in [-0.4, -0.2) is 25.3 Å². The van der Waals surface area contributed by atoms with Gasteiger partial charge in [-0.2, -0.15) is 0 Å². The van der Waals surface area contributed by atoms with Crippen molar-refractivity contribution in [3.63, 3.8) is 0 Å². The molecule has 5 nitrogen and oxygen atoms in total. The summed E-state index contributed by atoms with van der Waals surface area (Å²) in [7, 11) is 0. The highest BCUT2D eigenvalue weighted by Gasteiger charge is 2.21. The van der Waals surface area contributed by atoms with Gasteiger partial charge in [-0.05, 0) is 30.9 Å². The standard InChI is InChI=1S/C15H18N2O3/c18-15(16-8-7-11-5-6-11)17-9-12-10-19-13-3-1-2-4-14(13)20-12/h1-4,7-8,11-12H,5-6,9-10H2,(H2,16,17,18)/b8-7+. The van der Waals surface area contributed by atoms with Gasteiger partial charge in [0.15, 0.2) is 17.6 Å². The second kappa shape index (κ2) is 5.86. The van der Waals surface area contributed by atoms with E-state index in [1.807, 2.05) is 30.3 Å². The number of hydrogen-bond donors (Lipinski definition) is 2. The van der Waals surface area contributed by atoms with Crippen molar-refractivity contribution in [2.24, 2.45) is 5.92 Å². The molecule has 106 valence electrons. The van der Waals surface area contributed by atoms with Crippen LogP contribution in [0.5, 0.6) is 11.5 Å². The average Bonchev–Trinajstić information content (AvgIpc) is 3.29. The Hall–Kier alpha value is -2.17. The van der Waals surface area contributed by atoms with Gasteiger partial charge in [-0.25, -0.2) is 4.79 Å². The zero-order valence-electron chi connectivity index (χ0n) is 11.2. The highest BCUT2D eigenvalue weighted by atomic mass is 16.6. The van der Waals surface area contributed by atoms with E-state index >= 15 is 0 Å². The van der Waals surface area contributed by atoms with Crippen molar-refractivity contribution in [2.45, 2.75) is 18.9 Å². The van der Waals surface area contributed by atoms with Crippen molar-refractivity contribution < 1.29 is 14.3 Å². The lowest BCUT2D eigenvalue weighted by molar-refractivity contribution is 0.0919. The van der Waals surface area contributed by atoms with Crippen LogP contribution in [0.3, 0.4) is 0 Å². The molecule has 20 heavy (non-hydrogen) atoms. The molecular weight excluding hydrogens is 256 g/mol. The van der Waals surface area contributed by atoms with E-state index in [2.05, 4.69) is 10.6 Å². The van der Waals surface area contributed by atoms with Gasteiger partial charge in [0.1, 0.15) is 6.61 Å². The van der Waals surface area contributed by atoms with Gasteiger partial charge in [0.05, 0.1) is 6.54 Å². The number of carbonyl (C=O) groups excluding carboxylic acids is 1. The molecule has 1 fully saturated rings. The van der Waals surface area contributed by atoms with Crippen LogP contribution in [0, 0.1) is 5.92 Å². The molecule has 1 aliphatic carbocycles. The normalized spacial score (nSPS) is 20.7. The summed E-state index contributed by atoms with van der Waals surface area (Å²) in [5.74, 6) is 2.13. The molecule has 1 aliphatic heterocycles. The third-order valence-electron chi connectivity index (χ3n) is 3.26. The van der Waals surface area contributed by atoms with Crippen molar-refractivity contribution in [1.29, 1.82) is 0 Å². The van der Waals surface area contributed by atoms with E-state index in [9.17, 15) is 4.79 Å². The molecule has 3 rings (SSSR count). The number of nitrogens with one attached hydrogen (secondary N) is 2. The van der Waals surface area contributed by atoms with Crippen LogP contribution in [0.4, 0.5) is 4.79 Å². The van der Waals surface area contributed by atoms with Crippen molar-refractivity contribution in [3.8, 4) is 11.5 Å². The fourth-order valence-corrected chi connectivity index (χ4v) is 1.97. The zero-order chi connectivity index (χ0) is 13.8. The minimum absolute atomic E-state index is 0.164. The maximum Gasteiger partial charge on any atom is 0.318 e. The Morgan fingerprint density at radius 3 is 2.90 bits per heavy atom. The molecule has 2 aliphatic rings. The topological polar surface area (TPSA) is 59.6 Å². The largest absolute Gasteiger partial charge is 0.486 e. The number of rotatable bonds is 4. The van der Waals surface area contributed by atoms with Crippen LogP contribution in [0.2, 0.25) is 0 Å². The van der Waals surface area contributed by atoms with Gasteiger partial charge in [-0.15, -0.1) is 0 Å². The Balaban J connectivity index is 1.41. The van der Waals surface area contributed by atoms with Crippen molar-refractivity contribution in [3.05, 3.63) is 36.5 Å². The first-order valence-corrected chi connectivity index (χ1v) is 6.91. The maximum atomic E-state index is 11.6. The lowest BCUT2D eigenvalue weighted by Gasteiger charge is -2.26. The highest BCUT2D eigenvalue weighted by Crippen LogP contribution is 2.30. The van der Waals surface area contributed by atoms with Crippen LogP contribution in [-0.2, 0) is 0 Å². The van der Waals surface area contributed by atoms with Crippen LogP contribution in [0.25, 0.3) is 0 Å². The molecular formula is C15H18N2O3. The summed E-state index contributed by atoms with van der Waals surface area (Å²) >= 11 is 0. The summed E-state index contributed by atoms with van der Waals surface area (Å²) in [6, 6.07) is 7.31. The van der Waals surface area contributed by atoms with Crippen LogP contribution >= 0.6 is 0 Å². The predicted molar refractivity (Wildman–Crippen MR) is 74.8 cm³/mol. The summed E-state index contributed by atoms with van der Waals surface area (Å²) < 4.78 is 11.3. The number of amides is 2. The van der Waals surface area contributed by atoms with Gasteiger partial charge < -0.3 is 20.1 Å². The maximum absolute atomic E-state index is 11.6. The quantitative estimate of drug-likeness (QED) is 0.883. The second-order valence-corrected chi connectivity index (χ2v) is 5.05. The number of fused-ring (bicyclic) bond motifs is 1. The van der Waals surface area contributed by atoms with E-state index in [-0.39, 0.29) is 12.1 Å². The first kappa shape index (κ1) is 12.8. The first-order valence-electron chi connectivity index (χ1n) is 6.91. The number of para-hydroxylation sites is 2. The molecule has 2 N–H and O–H groups in total. The summed E-state index contributed by atoms with van der Waals surface area (Å²) in [6.45, 7) is 0.854. The van der Waals surface area contributed by atoms with Crippen molar-refractivity contribution >= 4 is 6.03 Å². The molecule has 0 spiro atoms. The van der Waals surface area contributed by atoms with E-state index in [1.165, 1.54) is 12.8 Å². The van der Waals surface area contributed by atoms with E-state index in [1.54, 1.807) is 6.20 Å². The minimum atomic E-state index is -0.218. The van der Waals surface area contributed by atoms with E-state index < -0.39 is 0 Å². The molecule has 1 unspecified atom stereocenters. The molecule has 2 amide bonds. The molecule has 1 heterocycles. The summed E-state index contributed by atoms with van der Waals surface area (Å²) in [5.41, 5.74) is 0. The SMILES string of the molecule is O=C(N/C=C/C1CC1)NCC1COc2ccccc2O1. The molecule has 1 aromatic carbocycles. The number of ether oxygens (including phenoxy) is 2. The van der Waals surface area contributed by atoms with Crippen molar-refractivity contribution in [2.75, 3.05) is 13.2 Å². The van der Waals surface area contributed by atoms with E-state index in [0.29, 0.717) is 19.1 Å². The number of allylic oxidation sites excluding steroid dienone is 1. The first-order chi connectivity index (χ1) is 9.81. The van der Waals surface area contributed by atoms with Gasteiger partial charge in [0, 0.05) is 6.20 Å². The Kier molecular flexibility index (Phi) is 3.76. The Bertz CT molecular complexity index is 512. The molecule has 1 atom stereocenters. The number of carbonyl (C=O) groups is 1. The van der Waals surface area contributed by atoms with E-state index in [0.717, 1.165) is 11.5 Å². The fourth-order valence-electron chi connectivity index (χ4n) is 1.97. The Labute approximate surface area is 118 Å². The Morgan fingerprint density at radius 1 is 1.30 bits per heavy atom. The lowest BCUT2D eigenvalue weighted by Crippen LogP contribution is -2.43. The van der Waals surface area contributed by atoms with Crippen LogP contribution in [0.15, 0.2) is 36.5 Å². The Morgan fingerprint density at radius 2 is 2.10 bits per heavy atom. The van der Waals surface area contributed by atoms with Crippen molar-refractivity contribution in [1.82, 2.24) is 10.6 Å². The molecule has 5 heteroatoms. The molecule has 0 saturated heterocycles. The highest BCUT2D eigenvalue weighted by molar-refractivity contribution is 5.74. The molecule has 0 bridgehead atoms. The molecule has 1 saturated carbocycles. The second-order valence-electron chi connectivity index (χ2n) is 5.05. The third kappa shape index (κ3) is 3.44. The predicted octanol–water partition coefficient (Wildman–Crippen LogP) is 2.05. The van der Waals surface area contributed by atoms with Crippen LogP contribution < -0.4 is 20.1 Å². The molecule has 1 aromatic rings. The van der Waals surface area contributed by atoms with Gasteiger partial charge in [-0.3, -0.25) is 0 Å². The smallest absolute Gasteiger partial charge is 0.318 e. The average molecular weight is 274 g/mol. The molecule has 0 aromatic heterocycles. The third-order valence-corrected chi connectivity index (χ3v) is 3.26. The fraction of sp³-hybridized carbons (Fsp3) is 0.400. The lowest BCUT2D eigenvalue weighted by atomic mass is 10.2. The minimum Gasteiger partial charge on any atom is -0.486 e.